The first kappa shape index (κ1) is 9.54. The number of hydrogen-bond donors (Lipinski definition) is 1. The number of likely N-dealkylation sites (N-methyl/N-ethyl adjacent to an activating group) is 1. The number of aromatic nitrogens is 2. The molecule has 0 spiro atoms. The molecule has 76 valence electrons. The van der Waals surface area contributed by atoms with Gasteiger partial charge in [0.05, 0.1) is 17.9 Å². The summed E-state index contributed by atoms with van der Waals surface area (Å²) in [5.74, 6) is -0.00324. The maximum Gasteiger partial charge on any atom is 0.275 e. The highest BCUT2D eigenvalue weighted by Gasteiger charge is 2.26. The Balaban J connectivity index is 2.00. The van der Waals surface area contributed by atoms with Gasteiger partial charge in [0.2, 0.25) is 0 Å². The first-order valence-electron chi connectivity index (χ1n) is 4.55. The summed E-state index contributed by atoms with van der Waals surface area (Å²) >= 11 is 1.07. The average Bonchev–Trinajstić information content (AvgIpc) is 2.88. The third-order valence-electron chi connectivity index (χ3n) is 2.46. The second-order valence-corrected chi connectivity index (χ2v) is 3.87. The van der Waals surface area contributed by atoms with Crippen LogP contribution >= 0.6 is 11.7 Å². The SMILES string of the molecule is CNC1CCN(C(=O)c2cnsn2)C1. The van der Waals surface area contributed by atoms with E-state index < -0.39 is 0 Å². The summed E-state index contributed by atoms with van der Waals surface area (Å²) in [5.41, 5.74) is 0.465. The smallest absolute Gasteiger partial charge is 0.275 e. The van der Waals surface area contributed by atoms with Crippen LogP contribution in [0.1, 0.15) is 16.9 Å². The highest BCUT2D eigenvalue weighted by Crippen LogP contribution is 2.12. The quantitative estimate of drug-likeness (QED) is 0.748. The topological polar surface area (TPSA) is 58.1 Å². The predicted molar refractivity (Wildman–Crippen MR) is 53.3 cm³/mol. The lowest BCUT2D eigenvalue weighted by Crippen LogP contribution is -2.33. The zero-order valence-corrected chi connectivity index (χ0v) is 8.75. The summed E-state index contributed by atoms with van der Waals surface area (Å²) in [6.07, 6.45) is 2.54. The van der Waals surface area contributed by atoms with E-state index in [0.29, 0.717) is 11.7 Å². The van der Waals surface area contributed by atoms with Crippen molar-refractivity contribution in [3.63, 3.8) is 0 Å². The number of amides is 1. The molecule has 0 saturated carbocycles. The molecule has 5 nitrogen and oxygen atoms in total. The van der Waals surface area contributed by atoms with Crippen molar-refractivity contribution in [1.82, 2.24) is 19.0 Å². The van der Waals surface area contributed by atoms with Gasteiger partial charge in [-0.25, -0.2) is 0 Å². The maximum absolute atomic E-state index is 11.8. The van der Waals surface area contributed by atoms with E-state index in [1.54, 1.807) is 0 Å². The summed E-state index contributed by atoms with van der Waals surface area (Å²) in [7, 11) is 1.92. The van der Waals surface area contributed by atoms with Gasteiger partial charge in [-0.05, 0) is 13.5 Å². The molecule has 0 aromatic carbocycles. The van der Waals surface area contributed by atoms with Crippen molar-refractivity contribution in [2.75, 3.05) is 20.1 Å². The van der Waals surface area contributed by atoms with Crippen LogP contribution in [0.5, 0.6) is 0 Å². The Morgan fingerprint density at radius 1 is 1.79 bits per heavy atom. The third kappa shape index (κ3) is 1.76. The summed E-state index contributed by atoms with van der Waals surface area (Å²) in [6.45, 7) is 1.58. The molecule has 0 radical (unpaired) electrons. The van der Waals surface area contributed by atoms with Crippen molar-refractivity contribution in [2.45, 2.75) is 12.5 Å². The molecule has 1 saturated heterocycles. The molecule has 1 fully saturated rings. The normalized spacial score (nSPS) is 21.5. The average molecular weight is 212 g/mol. The minimum absolute atomic E-state index is 0.00324. The highest BCUT2D eigenvalue weighted by molar-refractivity contribution is 6.99. The van der Waals surface area contributed by atoms with E-state index in [0.717, 1.165) is 31.2 Å². The summed E-state index contributed by atoms with van der Waals surface area (Å²) in [6, 6.07) is 0.422. The molecule has 1 atom stereocenters. The van der Waals surface area contributed by atoms with E-state index in [2.05, 4.69) is 14.1 Å². The molecule has 0 bridgehead atoms. The van der Waals surface area contributed by atoms with Crippen LogP contribution in [0.3, 0.4) is 0 Å². The molecule has 14 heavy (non-hydrogen) atoms. The van der Waals surface area contributed by atoms with Gasteiger partial charge in [-0.15, -0.1) is 0 Å². The van der Waals surface area contributed by atoms with Gasteiger partial charge in [0, 0.05) is 19.1 Å². The van der Waals surface area contributed by atoms with Gasteiger partial charge in [0.25, 0.3) is 5.91 Å². The second kappa shape index (κ2) is 4.02. The Morgan fingerprint density at radius 3 is 3.21 bits per heavy atom. The number of nitrogens with zero attached hydrogens (tertiary/aromatic N) is 3. The molecule has 1 aliphatic heterocycles. The van der Waals surface area contributed by atoms with Gasteiger partial charge >= 0.3 is 0 Å². The minimum Gasteiger partial charge on any atom is -0.336 e. The lowest BCUT2D eigenvalue weighted by Gasteiger charge is -2.14. The van der Waals surface area contributed by atoms with Gasteiger partial charge < -0.3 is 10.2 Å². The fourth-order valence-electron chi connectivity index (χ4n) is 1.60. The van der Waals surface area contributed by atoms with Crippen LogP contribution in [-0.2, 0) is 0 Å². The van der Waals surface area contributed by atoms with Crippen LogP contribution < -0.4 is 5.32 Å². The van der Waals surface area contributed by atoms with Crippen LogP contribution in [0.25, 0.3) is 0 Å². The van der Waals surface area contributed by atoms with E-state index in [1.807, 2.05) is 11.9 Å². The Bertz CT molecular complexity index is 313. The van der Waals surface area contributed by atoms with Crippen molar-refractivity contribution >= 4 is 17.6 Å². The zero-order chi connectivity index (χ0) is 9.97. The third-order valence-corrected chi connectivity index (χ3v) is 2.94. The van der Waals surface area contributed by atoms with Crippen LogP contribution in [0.4, 0.5) is 0 Å². The molecule has 2 heterocycles. The van der Waals surface area contributed by atoms with Gasteiger partial charge in [-0.3, -0.25) is 4.79 Å². The zero-order valence-electron chi connectivity index (χ0n) is 7.93. The minimum atomic E-state index is -0.00324. The van der Waals surface area contributed by atoms with E-state index in [-0.39, 0.29) is 5.91 Å². The first-order chi connectivity index (χ1) is 6.81. The highest BCUT2D eigenvalue weighted by atomic mass is 32.1. The lowest BCUT2D eigenvalue weighted by molar-refractivity contribution is 0.0785. The number of hydrogen-bond acceptors (Lipinski definition) is 5. The van der Waals surface area contributed by atoms with E-state index in [4.69, 9.17) is 0 Å². The molecule has 1 unspecified atom stereocenters. The maximum atomic E-state index is 11.8. The van der Waals surface area contributed by atoms with Crippen LogP contribution in [0.15, 0.2) is 6.20 Å². The Kier molecular flexibility index (Phi) is 2.74. The van der Waals surface area contributed by atoms with E-state index in [1.165, 1.54) is 6.20 Å². The summed E-state index contributed by atoms with van der Waals surface area (Å²) in [5, 5.41) is 3.17. The molecule has 1 amide bonds. The number of likely N-dealkylation sites (tertiary alicyclic amines) is 1. The van der Waals surface area contributed by atoms with Crippen LogP contribution in [0.2, 0.25) is 0 Å². The number of rotatable bonds is 2. The molecular formula is C8H12N4OS. The summed E-state index contributed by atoms with van der Waals surface area (Å²) in [4.78, 5) is 13.6. The first-order valence-corrected chi connectivity index (χ1v) is 5.28. The van der Waals surface area contributed by atoms with Crippen molar-refractivity contribution < 1.29 is 4.79 Å². The Labute approximate surface area is 86.4 Å². The van der Waals surface area contributed by atoms with Crippen LogP contribution in [0, 0.1) is 0 Å². The number of nitrogens with one attached hydrogen (secondary N) is 1. The Morgan fingerprint density at radius 2 is 2.64 bits per heavy atom. The predicted octanol–water partition coefficient (Wildman–Crippen LogP) is -0.0280. The summed E-state index contributed by atoms with van der Waals surface area (Å²) < 4.78 is 7.75. The van der Waals surface area contributed by atoms with Gasteiger partial charge in [-0.2, -0.15) is 8.75 Å². The fourth-order valence-corrected chi connectivity index (χ4v) is 2.01. The second-order valence-electron chi connectivity index (χ2n) is 3.32. The molecule has 1 aromatic heterocycles. The van der Waals surface area contributed by atoms with Crippen molar-refractivity contribution in [1.29, 1.82) is 0 Å². The monoisotopic (exact) mass is 212 g/mol. The van der Waals surface area contributed by atoms with E-state index in [9.17, 15) is 4.79 Å². The molecule has 1 N–H and O–H groups in total. The van der Waals surface area contributed by atoms with Crippen molar-refractivity contribution in [3.8, 4) is 0 Å². The van der Waals surface area contributed by atoms with Crippen molar-refractivity contribution in [2.24, 2.45) is 0 Å². The molecular weight excluding hydrogens is 200 g/mol. The molecule has 1 aromatic rings. The van der Waals surface area contributed by atoms with Gasteiger partial charge in [-0.1, -0.05) is 0 Å². The number of carbonyl (C=O) groups excluding carboxylic acids is 1. The standard InChI is InChI=1S/C8H12N4OS/c1-9-6-2-3-12(5-6)8(13)7-4-10-14-11-7/h4,6,9H,2-3,5H2,1H3. The largest absolute Gasteiger partial charge is 0.336 e. The lowest BCUT2D eigenvalue weighted by atomic mass is 10.3. The van der Waals surface area contributed by atoms with Gasteiger partial charge in [0.15, 0.2) is 5.69 Å². The fraction of sp³-hybridized carbons (Fsp3) is 0.625. The molecule has 0 aliphatic carbocycles. The van der Waals surface area contributed by atoms with Crippen molar-refractivity contribution in [3.05, 3.63) is 11.9 Å². The van der Waals surface area contributed by atoms with E-state index >= 15 is 0 Å². The molecule has 1 aliphatic rings. The molecule has 6 heteroatoms. The molecule has 2 rings (SSSR count). The Hall–Kier alpha value is -1.01. The van der Waals surface area contributed by atoms with Crippen LogP contribution in [-0.4, -0.2) is 45.7 Å². The van der Waals surface area contributed by atoms with Gasteiger partial charge in [0.1, 0.15) is 0 Å². The number of carbonyl (C=O) groups is 1.